The number of likely N-dealkylation sites (N-methyl/N-ethyl adjacent to an activating group) is 1. The van der Waals surface area contributed by atoms with E-state index in [1.165, 1.54) is 7.11 Å². The van der Waals surface area contributed by atoms with Gasteiger partial charge in [-0.2, -0.15) is 11.8 Å². The molecule has 0 aromatic heterocycles. The van der Waals surface area contributed by atoms with Crippen LogP contribution in [0.25, 0.3) is 0 Å². The van der Waals surface area contributed by atoms with Crippen LogP contribution in [-0.2, 0) is 75.0 Å². The number of thioether (sulfide) groups is 1. The molecule has 10 amide bonds. The fourth-order valence-corrected chi connectivity index (χ4v) is 14.3. The van der Waals surface area contributed by atoms with Gasteiger partial charge in [0.25, 0.3) is 0 Å². The Bertz CT molecular complexity index is 4560. The van der Waals surface area contributed by atoms with Crippen LogP contribution >= 0.6 is 11.8 Å². The molecule has 8 unspecified atom stereocenters. The smallest absolute Gasteiger partial charge is 0.306 e. The molecule has 1 aliphatic heterocycles. The SMILES string of the molecule is [2H]C([2H])([2H])C([2H])(C([2H])([2H])[2H])C([2H])([2H])C([2H])(NC(=O)C1CCCN1C(=O)C(CSCCCC(=O)OC(C)(C)C)NC(=O)C(CC(=O)NC(c1ccccc1)(c1ccccc1)c1ccccc1)NC(=O)C(CCC(=O)NC(c1ccccc1)(c1ccccc1)c1ccccc1)NC(=O)C(NC(=O)C(N)Cc1ccc(OC)cc1)C(C)CC)C(=O)NCC(=O)NC. The van der Waals surface area contributed by atoms with Crippen molar-refractivity contribution in [1.82, 2.24) is 52.8 Å². The van der Waals surface area contributed by atoms with Crippen LogP contribution in [0.15, 0.2) is 206 Å². The first-order chi connectivity index (χ1) is 58.1. The Hall–Kier alpha value is -11.2. The number of rotatable bonds is 40. The normalized spacial score (nSPS) is 16.7. The lowest BCUT2D eigenvalue weighted by Crippen LogP contribution is -2.61. The van der Waals surface area contributed by atoms with Gasteiger partial charge >= 0.3 is 5.97 Å². The molecule has 1 saturated heterocycles. The minimum atomic E-state index is -4.43. The molecule has 0 radical (unpaired) electrons. The van der Waals surface area contributed by atoms with E-state index < -0.39 is 187 Å². The molecule has 0 saturated carbocycles. The average molecular weight is 1570 g/mol. The van der Waals surface area contributed by atoms with Crippen LogP contribution in [0.5, 0.6) is 5.75 Å². The molecule has 7 aromatic carbocycles. The molecule has 11 N–H and O–H groups in total. The number of ether oxygens (including phenoxy) is 2. The monoisotopic (exact) mass is 1570 g/mol. The Morgan fingerprint density at radius 2 is 1.07 bits per heavy atom. The van der Waals surface area contributed by atoms with E-state index in [1.807, 2.05) is 102 Å². The van der Waals surface area contributed by atoms with Gasteiger partial charge in [-0.3, -0.25) is 52.7 Å². The van der Waals surface area contributed by atoms with Crippen LogP contribution in [0, 0.1) is 11.8 Å². The number of esters is 1. The number of amides is 10. The van der Waals surface area contributed by atoms with Crippen molar-refractivity contribution in [2.24, 2.45) is 17.5 Å². The summed E-state index contributed by atoms with van der Waals surface area (Å²) in [5, 5.41) is 23.3. The second-order valence-corrected chi connectivity index (χ2v) is 29.6. The van der Waals surface area contributed by atoms with Crippen molar-refractivity contribution in [3.05, 3.63) is 245 Å². The Morgan fingerprint density at radius 1 is 0.593 bits per heavy atom. The minimum absolute atomic E-state index is 0.0177. The third kappa shape index (κ3) is 24.7. The quantitative estimate of drug-likeness (QED) is 0.00983. The summed E-state index contributed by atoms with van der Waals surface area (Å²) < 4.78 is 96.5. The third-order valence-corrected chi connectivity index (χ3v) is 20.3. The van der Waals surface area contributed by atoms with E-state index in [0.29, 0.717) is 44.7 Å². The lowest BCUT2D eigenvalue weighted by atomic mass is 9.77. The molecule has 1 heterocycles. The molecule has 8 rings (SSSR count). The summed E-state index contributed by atoms with van der Waals surface area (Å²) in [4.78, 5) is 165. The highest BCUT2D eigenvalue weighted by Gasteiger charge is 2.44. The predicted octanol–water partition coefficient (Wildman–Crippen LogP) is 8.18. The van der Waals surface area contributed by atoms with Gasteiger partial charge in [-0.15, -0.1) is 0 Å². The second-order valence-electron chi connectivity index (χ2n) is 28.4. The van der Waals surface area contributed by atoms with Crippen molar-refractivity contribution < 1.29 is 75.9 Å². The van der Waals surface area contributed by atoms with E-state index in [1.54, 1.807) is 150 Å². The van der Waals surface area contributed by atoms with Gasteiger partial charge in [0.15, 0.2) is 0 Å². The number of likely N-dealkylation sites (tertiary alicyclic amines) is 1. The molecule has 1 fully saturated rings. The van der Waals surface area contributed by atoms with Crippen molar-refractivity contribution in [2.45, 2.75) is 171 Å². The summed E-state index contributed by atoms with van der Waals surface area (Å²) in [6.07, 6.45) is -6.65. The van der Waals surface area contributed by atoms with Gasteiger partial charge in [0.05, 0.1) is 27.5 Å². The van der Waals surface area contributed by atoms with Crippen LogP contribution in [0.1, 0.15) is 159 Å². The first kappa shape index (κ1) is 73.3. The molecule has 1 aliphatic rings. The zero-order chi connectivity index (χ0) is 90.3. The second kappa shape index (κ2) is 42.5. The first-order valence-electron chi connectivity index (χ1n) is 42.6. The lowest BCUT2D eigenvalue weighted by molar-refractivity contribution is -0.155. The maximum absolute atomic E-state index is 16.2. The van der Waals surface area contributed by atoms with Crippen molar-refractivity contribution in [1.29, 1.82) is 0 Å². The number of nitrogens with two attached hydrogens (primary N) is 1. The lowest BCUT2D eigenvalue weighted by Gasteiger charge is -2.37. The van der Waals surface area contributed by atoms with Gasteiger partial charge in [0, 0.05) is 44.5 Å². The molecule has 600 valence electrons. The van der Waals surface area contributed by atoms with Crippen molar-refractivity contribution in [3.8, 4) is 5.75 Å². The Kier molecular flexibility index (Phi) is 27.5. The molecule has 0 aliphatic carbocycles. The van der Waals surface area contributed by atoms with Crippen molar-refractivity contribution >= 4 is 76.8 Å². The summed E-state index contributed by atoms with van der Waals surface area (Å²) in [7, 11) is 2.64. The Balaban J connectivity index is 1.25. The Morgan fingerprint density at radius 3 is 1.54 bits per heavy atom. The van der Waals surface area contributed by atoms with Crippen LogP contribution in [0.4, 0.5) is 0 Å². The summed E-state index contributed by atoms with van der Waals surface area (Å²) in [5.74, 6) is -16.7. The third-order valence-electron chi connectivity index (χ3n) is 19.2. The van der Waals surface area contributed by atoms with E-state index >= 15 is 33.6 Å². The van der Waals surface area contributed by atoms with E-state index in [-0.39, 0.29) is 50.8 Å². The van der Waals surface area contributed by atoms with Crippen LogP contribution in [-0.4, -0.2) is 157 Å². The first-order valence-corrected chi connectivity index (χ1v) is 38.7. The standard InChI is InChI=1S/C88H109N11O13S/c1-10-59(4)78(96-79(104)68(89)54-60-45-47-67(111-9)48-46-60)84(109)92-69(49-50-74(100)97-87(61-31-17-11-18-32-61,62-33-19-12-20-34-62)63-35-21-13-22-36-63)81(106)93-71(55-75(101)98-88(64-37-23-14-24-38-64,65-39-25-15-26-40-65)66-41-27-16-28-42-66)82(107)95-72(57-113-52-30-44-77(103)112-86(5,6)7)85(110)99-51-29-43-73(99)83(108)94-70(53-58(2)3)80(105)91-56-76(102)90-8/h11-28,31-42,45-48,58-59,68-73,78H,10,29-30,43-44,49-57,89H2,1-9H3,(H,90,102)(H,91,105)(H,92,109)(H,93,106)(H,94,108)(H,95,107)(H,96,104)(H,97,100)(H,98,101)/i2D3,3D3,53D2,58D,70D. The molecule has 0 spiro atoms. The number of carbonyl (C=O) groups excluding carboxylic acids is 11. The van der Waals surface area contributed by atoms with E-state index in [2.05, 4.69) is 37.2 Å². The topological polar surface area (TPSA) is 344 Å². The fourth-order valence-electron chi connectivity index (χ4n) is 13.3. The number of carbonyl (C=O) groups is 11. The zero-order valence-corrected chi connectivity index (χ0v) is 65.4. The summed E-state index contributed by atoms with van der Waals surface area (Å²) >= 11 is 1.01. The highest BCUT2D eigenvalue weighted by Crippen LogP contribution is 2.39. The maximum Gasteiger partial charge on any atom is 0.306 e. The largest absolute Gasteiger partial charge is 0.497 e. The molecule has 0 bridgehead atoms. The molecule has 8 atom stereocenters. The van der Waals surface area contributed by atoms with E-state index in [0.717, 1.165) is 23.7 Å². The molecule has 113 heavy (non-hydrogen) atoms. The number of nitrogens with one attached hydrogen (secondary N) is 9. The predicted molar refractivity (Wildman–Crippen MR) is 436 cm³/mol. The molecular formula is C88H109N11O13S. The van der Waals surface area contributed by atoms with Gasteiger partial charge < -0.3 is 68.0 Å². The van der Waals surface area contributed by atoms with Crippen molar-refractivity contribution in [3.63, 3.8) is 0 Å². The number of hydrogen-bond donors (Lipinski definition) is 10. The summed E-state index contributed by atoms with van der Waals surface area (Å²) in [5.41, 5.74) is 6.85. The highest BCUT2D eigenvalue weighted by molar-refractivity contribution is 7.99. The van der Waals surface area contributed by atoms with Crippen LogP contribution < -0.4 is 58.3 Å². The minimum Gasteiger partial charge on any atom is -0.497 e. The van der Waals surface area contributed by atoms with Crippen LogP contribution in [0.3, 0.4) is 0 Å². The van der Waals surface area contributed by atoms with Gasteiger partial charge in [-0.25, -0.2) is 0 Å². The van der Waals surface area contributed by atoms with E-state index in [9.17, 15) is 20.5 Å². The Labute approximate surface area is 681 Å². The highest BCUT2D eigenvalue weighted by atomic mass is 32.2. The maximum atomic E-state index is 16.2. The van der Waals surface area contributed by atoms with Gasteiger partial charge in [0.1, 0.15) is 58.7 Å². The molecule has 25 heteroatoms. The van der Waals surface area contributed by atoms with E-state index in [4.69, 9.17) is 27.5 Å². The number of nitrogens with zero attached hydrogens (tertiary/aromatic N) is 1. The molecule has 7 aromatic rings. The number of benzene rings is 7. The van der Waals surface area contributed by atoms with Crippen molar-refractivity contribution in [2.75, 3.05) is 38.8 Å². The van der Waals surface area contributed by atoms with Gasteiger partial charge in [-0.05, 0) is 128 Å². The van der Waals surface area contributed by atoms with Gasteiger partial charge in [0.2, 0.25) is 59.1 Å². The summed E-state index contributed by atoms with van der Waals surface area (Å²) in [6.45, 7) is -1.28. The molecule has 24 nitrogen and oxygen atoms in total. The molecular weight excluding hydrogens is 1450 g/mol. The number of hydrogen-bond acceptors (Lipinski definition) is 15. The van der Waals surface area contributed by atoms with Gasteiger partial charge in [-0.1, -0.05) is 228 Å². The fraction of sp³-hybridized carbons (Fsp3) is 0.398. The summed E-state index contributed by atoms with van der Waals surface area (Å²) in [6, 6.07) is 46.2. The zero-order valence-electron chi connectivity index (χ0n) is 74.6. The average Bonchev–Trinajstić information content (AvgIpc) is 0.859. The number of methoxy groups -OCH3 is 1. The van der Waals surface area contributed by atoms with Crippen LogP contribution in [0.2, 0.25) is 0 Å².